The number of rotatable bonds is 10. The number of hydrogen-bond acceptors (Lipinski definition) is 4. The third-order valence-electron chi connectivity index (χ3n) is 6.28. The van der Waals surface area contributed by atoms with Crippen LogP contribution in [0, 0.1) is 0 Å². The Balaban J connectivity index is 1.52. The van der Waals surface area contributed by atoms with Gasteiger partial charge in [-0.3, -0.25) is 4.79 Å². The molecule has 0 bridgehead atoms. The number of aromatic hydroxyl groups is 1. The first kappa shape index (κ1) is 24.9. The van der Waals surface area contributed by atoms with Crippen LogP contribution in [0.2, 0.25) is 0 Å². The highest BCUT2D eigenvalue weighted by molar-refractivity contribution is 5.91. The van der Waals surface area contributed by atoms with E-state index in [1.807, 2.05) is 56.4 Å². The second-order valence-corrected chi connectivity index (χ2v) is 9.06. The van der Waals surface area contributed by atoms with E-state index in [4.69, 9.17) is 4.74 Å². The maximum absolute atomic E-state index is 13.3. The second-order valence-electron chi connectivity index (χ2n) is 9.06. The Labute approximate surface area is 210 Å². The van der Waals surface area contributed by atoms with Crippen molar-refractivity contribution in [2.45, 2.75) is 32.7 Å². The van der Waals surface area contributed by atoms with Gasteiger partial charge in [-0.2, -0.15) is 0 Å². The van der Waals surface area contributed by atoms with Gasteiger partial charge in [0.15, 0.2) is 6.61 Å². The van der Waals surface area contributed by atoms with Gasteiger partial charge in [-0.05, 0) is 47.7 Å². The van der Waals surface area contributed by atoms with Gasteiger partial charge in [0.25, 0.3) is 5.91 Å². The Morgan fingerprint density at radius 1 is 1.00 bits per heavy atom. The molecule has 7 heteroatoms. The molecule has 0 fully saturated rings. The van der Waals surface area contributed by atoms with Crippen LogP contribution in [0.1, 0.15) is 46.8 Å². The number of aromatic amines is 1. The molecule has 0 spiro atoms. The molecule has 0 atom stereocenters. The zero-order chi connectivity index (χ0) is 25.7. The Morgan fingerprint density at radius 2 is 1.75 bits per heavy atom. The van der Waals surface area contributed by atoms with Crippen LogP contribution < -0.4 is 4.74 Å². The SMILES string of the molecule is CC(C)c1ccc(OCC(=O)N(CCc2c[nH]c3ccccc23)Cc2ccccc2O)c(C(=O)O)c1. The third kappa shape index (κ3) is 5.68. The van der Waals surface area contributed by atoms with Crippen molar-refractivity contribution >= 4 is 22.8 Å². The fourth-order valence-electron chi connectivity index (χ4n) is 4.17. The van der Waals surface area contributed by atoms with Crippen LogP contribution in [0.15, 0.2) is 72.9 Å². The van der Waals surface area contributed by atoms with Gasteiger partial charge in [0.1, 0.15) is 17.1 Å². The van der Waals surface area contributed by atoms with E-state index in [-0.39, 0.29) is 42.0 Å². The van der Waals surface area contributed by atoms with E-state index < -0.39 is 5.97 Å². The molecule has 1 heterocycles. The summed E-state index contributed by atoms with van der Waals surface area (Å²) in [6.45, 7) is 4.25. The van der Waals surface area contributed by atoms with Crippen molar-refractivity contribution in [3.63, 3.8) is 0 Å². The van der Waals surface area contributed by atoms with Crippen LogP contribution in [-0.2, 0) is 17.8 Å². The molecule has 0 saturated carbocycles. The number of carbonyl (C=O) groups excluding carboxylic acids is 1. The monoisotopic (exact) mass is 486 g/mol. The van der Waals surface area contributed by atoms with E-state index in [2.05, 4.69) is 4.98 Å². The first-order chi connectivity index (χ1) is 17.3. The van der Waals surface area contributed by atoms with E-state index in [1.54, 1.807) is 35.2 Å². The van der Waals surface area contributed by atoms with Gasteiger partial charge in [-0.15, -0.1) is 0 Å². The van der Waals surface area contributed by atoms with E-state index in [0.29, 0.717) is 18.5 Å². The zero-order valence-corrected chi connectivity index (χ0v) is 20.4. The number of carbonyl (C=O) groups is 2. The van der Waals surface area contributed by atoms with E-state index in [1.165, 1.54) is 0 Å². The molecule has 4 rings (SSSR count). The largest absolute Gasteiger partial charge is 0.508 e. The highest BCUT2D eigenvalue weighted by atomic mass is 16.5. The highest BCUT2D eigenvalue weighted by Gasteiger charge is 2.20. The van der Waals surface area contributed by atoms with Crippen LogP contribution >= 0.6 is 0 Å². The van der Waals surface area contributed by atoms with Crippen LogP contribution in [0.5, 0.6) is 11.5 Å². The number of aromatic carboxylic acids is 1. The molecule has 0 aliphatic carbocycles. The van der Waals surface area contributed by atoms with E-state index in [0.717, 1.165) is 22.0 Å². The lowest BCUT2D eigenvalue weighted by molar-refractivity contribution is -0.134. The number of carboxylic acid groups (broad SMARTS) is 1. The molecule has 186 valence electrons. The standard InChI is InChI=1S/C29H30N2O5/c1-19(2)20-11-12-27(24(15-20)29(34)35)36-18-28(33)31(17-22-7-3-6-10-26(22)32)14-13-21-16-30-25-9-5-4-8-23(21)25/h3-12,15-16,19,30,32H,13-14,17-18H2,1-2H3,(H,34,35). The quantitative estimate of drug-likeness (QED) is 0.281. The summed E-state index contributed by atoms with van der Waals surface area (Å²) in [6, 6.07) is 19.9. The molecule has 7 nitrogen and oxygen atoms in total. The van der Waals surface area contributed by atoms with Gasteiger partial charge in [-0.1, -0.05) is 56.3 Å². The molecule has 3 N–H and O–H groups in total. The molecule has 4 aromatic rings. The van der Waals surface area contributed by atoms with Crippen LogP contribution in [0.25, 0.3) is 10.9 Å². The zero-order valence-electron chi connectivity index (χ0n) is 20.4. The summed E-state index contributed by atoms with van der Waals surface area (Å²) < 4.78 is 5.71. The minimum Gasteiger partial charge on any atom is -0.508 e. The number of phenols is 1. The summed E-state index contributed by atoms with van der Waals surface area (Å²) in [5.74, 6) is -0.981. The number of phenolic OH excluding ortho intramolecular Hbond substituents is 1. The van der Waals surface area contributed by atoms with Crippen LogP contribution in [0.3, 0.4) is 0 Å². The summed E-state index contributed by atoms with van der Waals surface area (Å²) in [4.78, 5) is 29.9. The molecule has 0 saturated heterocycles. The van der Waals surface area contributed by atoms with Crippen molar-refractivity contribution in [1.82, 2.24) is 9.88 Å². The molecule has 0 unspecified atom stereocenters. The number of para-hydroxylation sites is 2. The fraction of sp³-hybridized carbons (Fsp3) is 0.241. The number of nitrogens with one attached hydrogen (secondary N) is 1. The van der Waals surface area contributed by atoms with Gasteiger partial charge in [0, 0.05) is 35.8 Å². The van der Waals surface area contributed by atoms with Gasteiger partial charge in [-0.25, -0.2) is 4.79 Å². The molecule has 0 radical (unpaired) electrons. The maximum Gasteiger partial charge on any atom is 0.339 e. The fourth-order valence-corrected chi connectivity index (χ4v) is 4.17. The van der Waals surface area contributed by atoms with E-state index in [9.17, 15) is 19.8 Å². The average Bonchev–Trinajstić information content (AvgIpc) is 3.29. The molecule has 1 amide bonds. The Bertz CT molecular complexity index is 1380. The number of nitrogens with zero attached hydrogens (tertiary/aromatic N) is 1. The lowest BCUT2D eigenvalue weighted by Gasteiger charge is -2.24. The number of H-pyrrole nitrogens is 1. The molecule has 36 heavy (non-hydrogen) atoms. The van der Waals surface area contributed by atoms with E-state index >= 15 is 0 Å². The molecular weight excluding hydrogens is 456 g/mol. The van der Waals surface area contributed by atoms with Crippen molar-refractivity contribution in [3.05, 3.63) is 95.2 Å². The van der Waals surface area contributed by atoms with Crippen LogP contribution in [-0.4, -0.2) is 45.1 Å². The minimum absolute atomic E-state index is 0.0278. The number of ether oxygens (including phenoxy) is 1. The first-order valence-electron chi connectivity index (χ1n) is 11.9. The first-order valence-corrected chi connectivity index (χ1v) is 11.9. The lowest BCUT2D eigenvalue weighted by atomic mass is 10.0. The smallest absolute Gasteiger partial charge is 0.339 e. The number of benzene rings is 3. The van der Waals surface area contributed by atoms with Crippen molar-refractivity contribution in [2.75, 3.05) is 13.2 Å². The Kier molecular flexibility index (Phi) is 7.59. The Morgan fingerprint density at radius 3 is 2.50 bits per heavy atom. The van der Waals surface area contributed by atoms with Crippen molar-refractivity contribution < 1.29 is 24.5 Å². The van der Waals surface area contributed by atoms with Crippen molar-refractivity contribution in [1.29, 1.82) is 0 Å². The van der Waals surface area contributed by atoms with Gasteiger partial charge < -0.3 is 24.8 Å². The van der Waals surface area contributed by atoms with Gasteiger partial charge in [0.05, 0.1) is 0 Å². The maximum atomic E-state index is 13.3. The number of fused-ring (bicyclic) bond motifs is 1. The molecule has 3 aromatic carbocycles. The second kappa shape index (κ2) is 11.0. The normalized spacial score (nSPS) is 11.1. The molecule has 1 aromatic heterocycles. The summed E-state index contributed by atoms with van der Waals surface area (Å²) in [5, 5.41) is 21.0. The van der Waals surface area contributed by atoms with Crippen LogP contribution in [0.4, 0.5) is 0 Å². The summed E-state index contributed by atoms with van der Waals surface area (Å²) in [7, 11) is 0. The number of aromatic nitrogens is 1. The highest BCUT2D eigenvalue weighted by Crippen LogP contribution is 2.25. The van der Waals surface area contributed by atoms with Gasteiger partial charge >= 0.3 is 5.97 Å². The van der Waals surface area contributed by atoms with Crippen molar-refractivity contribution in [2.24, 2.45) is 0 Å². The summed E-state index contributed by atoms with van der Waals surface area (Å²) in [6.07, 6.45) is 2.55. The Hall–Kier alpha value is -4.26. The molecular formula is C29H30N2O5. The van der Waals surface area contributed by atoms with Crippen molar-refractivity contribution in [3.8, 4) is 11.5 Å². The lowest BCUT2D eigenvalue weighted by Crippen LogP contribution is -2.36. The number of hydrogen-bond donors (Lipinski definition) is 3. The summed E-state index contributed by atoms with van der Waals surface area (Å²) in [5.41, 5.74) is 3.64. The summed E-state index contributed by atoms with van der Waals surface area (Å²) >= 11 is 0. The number of amides is 1. The predicted octanol–water partition coefficient (Wildman–Crippen LogP) is 5.35. The number of carboxylic acids is 1. The average molecular weight is 487 g/mol. The molecule has 0 aliphatic rings. The molecule has 0 aliphatic heterocycles. The minimum atomic E-state index is -1.11. The van der Waals surface area contributed by atoms with Gasteiger partial charge in [0.2, 0.25) is 0 Å². The third-order valence-corrected chi connectivity index (χ3v) is 6.28. The predicted molar refractivity (Wildman–Crippen MR) is 139 cm³/mol. The topological polar surface area (TPSA) is 103 Å².